The molecule has 1 rings (SSSR count). The van der Waals surface area contributed by atoms with E-state index in [1.807, 2.05) is 18.2 Å². The fourth-order valence-electron chi connectivity index (χ4n) is 2.00. The zero-order chi connectivity index (χ0) is 14.3. The van der Waals surface area contributed by atoms with Gasteiger partial charge in [0.2, 0.25) is 0 Å². The van der Waals surface area contributed by atoms with Gasteiger partial charge in [-0.1, -0.05) is 23.7 Å². The average molecular weight is 283 g/mol. The number of unbranched alkanes of at least 4 members (excludes halogenated alkanes) is 1. The monoisotopic (exact) mass is 282 g/mol. The fourth-order valence-corrected chi connectivity index (χ4v) is 2.21. The molecule has 0 aliphatic rings. The van der Waals surface area contributed by atoms with E-state index < -0.39 is 0 Å². The van der Waals surface area contributed by atoms with Gasteiger partial charge in [-0.3, -0.25) is 0 Å². The van der Waals surface area contributed by atoms with E-state index in [-0.39, 0.29) is 5.54 Å². The molecule has 0 spiro atoms. The van der Waals surface area contributed by atoms with Crippen LogP contribution in [0.4, 0.5) is 0 Å². The maximum atomic E-state index is 5.99. The van der Waals surface area contributed by atoms with Gasteiger partial charge in [0.1, 0.15) is 0 Å². The van der Waals surface area contributed by atoms with Gasteiger partial charge in [-0.15, -0.1) is 0 Å². The lowest BCUT2D eigenvalue weighted by Gasteiger charge is -2.21. The van der Waals surface area contributed by atoms with Crippen LogP contribution in [0.1, 0.15) is 39.2 Å². The molecule has 0 aliphatic carbocycles. The van der Waals surface area contributed by atoms with Crippen molar-refractivity contribution in [1.82, 2.24) is 10.2 Å². The van der Waals surface area contributed by atoms with Crippen LogP contribution in [-0.4, -0.2) is 30.6 Å². The van der Waals surface area contributed by atoms with E-state index in [9.17, 15) is 0 Å². The van der Waals surface area contributed by atoms with E-state index in [1.54, 1.807) is 0 Å². The summed E-state index contributed by atoms with van der Waals surface area (Å²) in [7, 11) is 2.16. The maximum Gasteiger partial charge on any atom is 0.0409 e. The molecule has 3 heteroatoms. The van der Waals surface area contributed by atoms with Crippen molar-refractivity contribution in [2.45, 2.75) is 45.7 Å². The summed E-state index contributed by atoms with van der Waals surface area (Å²) in [5.74, 6) is 0. The van der Waals surface area contributed by atoms with Gasteiger partial charge in [0.05, 0.1) is 0 Å². The maximum absolute atomic E-state index is 5.99. The van der Waals surface area contributed by atoms with E-state index in [0.717, 1.165) is 24.7 Å². The van der Waals surface area contributed by atoms with E-state index in [4.69, 9.17) is 11.6 Å². The summed E-state index contributed by atoms with van der Waals surface area (Å²) in [6.07, 6.45) is 2.44. The van der Waals surface area contributed by atoms with Gasteiger partial charge in [0.25, 0.3) is 0 Å². The summed E-state index contributed by atoms with van der Waals surface area (Å²) in [5, 5.41) is 4.34. The second-order valence-electron chi connectivity index (χ2n) is 6.25. The highest BCUT2D eigenvalue weighted by molar-refractivity contribution is 6.30. The van der Waals surface area contributed by atoms with Crippen LogP contribution in [0.15, 0.2) is 24.3 Å². The molecule has 0 aliphatic heterocycles. The Kier molecular flexibility index (Phi) is 6.84. The highest BCUT2D eigenvalue weighted by Gasteiger charge is 2.07. The lowest BCUT2D eigenvalue weighted by atomic mass is 10.1. The Hall–Kier alpha value is -0.570. The van der Waals surface area contributed by atoms with Gasteiger partial charge in [0, 0.05) is 17.1 Å². The minimum absolute atomic E-state index is 0.229. The van der Waals surface area contributed by atoms with Crippen molar-refractivity contribution >= 4 is 11.6 Å². The van der Waals surface area contributed by atoms with Crippen molar-refractivity contribution in [1.29, 1.82) is 0 Å². The van der Waals surface area contributed by atoms with Crippen molar-refractivity contribution in [3.63, 3.8) is 0 Å². The minimum Gasteiger partial charge on any atom is -0.312 e. The number of nitrogens with zero attached hydrogens (tertiary/aromatic N) is 1. The predicted octanol–water partition coefficient (Wildman–Crippen LogP) is 3.94. The summed E-state index contributed by atoms with van der Waals surface area (Å²) >= 11 is 5.99. The second kappa shape index (κ2) is 7.88. The normalized spacial score (nSPS) is 12.1. The molecule has 0 amide bonds. The van der Waals surface area contributed by atoms with Crippen LogP contribution in [0.5, 0.6) is 0 Å². The largest absolute Gasteiger partial charge is 0.312 e. The van der Waals surface area contributed by atoms with Gasteiger partial charge in [-0.2, -0.15) is 0 Å². The number of nitrogens with one attached hydrogen (secondary N) is 1. The van der Waals surface area contributed by atoms with Crippen molar-refractivity contribution in [3.8, 4) is 0 Å². The first-order chi connectivity index (χ1) is 8.87. The first kappa shape index (κ1) is 16.5. The molecular formula is C16H27ClN2. The average Bonchev–Trinajstić information content (AvgIpc) is 2.26. The standard InChI is InChI=1S/C16H27ClN2/c1-16(2,3)18-10-5-6-11-19(4)13-14-8-7-9-15(17)12-14/h7-9,12,18H,5-6,10-11,13H2,1-4H3. The number of hydrogen-bond donors (Lipinski definition) is 1. The lowest BCUT2D eigenvalue weighted by molar-refractivity contribution is 0.313. The zero-order valence-electron chi connectivity index (χ0n) is 12.7. The molecule has 1 N–H and O–H groups in total. The van der Waals surface area contributed by atoms with Crippen LogP contribution in [0.2, 0.25) is 5.02 Å². The van der Waals surface area contributed by atoms with E-state index in [2.05, 4.69) is 44.1 Å². The highest BCUT2D eigenvalue weighted by atomic mass is 35.5. The third kappa shape index (κ3) is 8.25. The van der Waals surface area contributed by atoms with Gasteiger partial charge in [-0.05, 0) is 71.4 Å². The molecule has 0 heterocycles. The quantitative estimate of drug-likeness (QED) is 0.762. The Morgan fingerprint density at radius 1 is 1.21 bits per heavy atom. The van der Waals surface area contributed by atoms with Crippen molar-refractivity contribution < 1.29 is 0 Å². The Morgan fingerprint density at radius 2 is 1.95 bits per heavy atom. The second-order valence-corrected chi connectivity index (χ2v) is 6.69. The summed E-state index contributed by atoms with van der Waals surface area (Å²) in [6, 6.07) is 8.10. The fraction of sp³-hybridized carbons (Fsp3) is 0.625. The van der Waals surface area contributed by atoms with Gasteiger partial charge < -0.3 is 10.2 Å². The molecule has 0 saturated heterocycles. The molecule has 0 fully saturated rings. The van der Waals surface area contributed by atoms with Gasteiger partial charge >= 0.3 is 0 Å². The van der Waals surface area contributed by atoms with Crippen LogP contribution >= 0.6 is 11.6 Å². The first-order valence-corrected chi connectivity index (χ1v) is 7.43. The van der Waals surface area contributed by atoms with Gasteiger partial charge in [-0.25, -0.2) is 0 Å². The molecule has 0 atom stereocenters. The van der Waals surface area contributed by atoms with Gasteiger partial charge in [0.15, 0.2) is 0 Å². The van der Waals surface area contributed by atoms with E-state index in [1.165, 1.54) is 18.4 Å². The van der Waals surface area contributed by atoms with Crippen molar-refractivity contribution in [2.75, 3.05) is 20.1 Å². The molecular weight excluding hydrogens is 256 g/mol. The van der Waals surface area contributed by atoms with Crippen molar-refractivity contribution in [2.24, 2.45) is 0 Å². The summed E-state index contributed by atoms with van der Waals surface area (Å²) < 4.78 is 0. The number of rotatable bonds is 7. The summed E-state index contributed by atoms with van der Waals surface area (Å²) in [5.41, 5.74) is 1.51. The zero-order valence-corrected chi connectivity index (χ0v) is 13.4. The van der Waals surface area contributed by atoms with Crippen LogP contribution < -0.4 is 5.32 Å². The molecule has 0 aromatic heterocycles. The number of hydrogen-bond acceptors (Lipinski definition) is 2. The first-order valence-electron chi connectivity index (χ1n) is 7.05. The number of benzene rings is 1. The smallest absolute Gasteiger partial charge is 0.0409 e. The Balaban J connectivity index is 2.16. The summed E-state index contributed by atoms with van der Waals surface area (Å²) in [4.78, 5) is 2.35. The molecule has 0 radical (unpaired) electrons. The Bertz CT molecular complexity index is 371. The predicted molar refractivity (Wildman–Crippen MR) is 84.8 cm³/mol. The molecule has 1 aromatic carbocycles. The summed E-state index contributed by atoms with van der Waals surface area (Å²) in [6.45, 7) is 9.80. The third-order valence-corrected chi connectivity index (χ3v) is 3.20. The molecule has 0 unspecified atom stereocenters. The van der Waals surface area contributed by atoms with Crippen molar-refractivity contribution in [3.05, 3.63) is 34.9 Å². The molecule has 19 heavy (non-hydrogen) atoms. The van der Waals surface area contributed by atoms with Crippen LogP contribution in [0, 0.1) is 0 Å². The molecule has 1 aromatic rings. The van der Waals surface area contributed by atoms with Crippen LogP contribution in [0.25, 0.3) is 0 Å². The highest BCUT2D eigenvalue weighted by Crippen LogP contribution is 2.12. The van der Waals surface area contributed by atoms with Crippen LogP contribution in [-0.2, 0) is 6.54 Å². The Morgan fingerprint density at radius 3 is 2.58 bits per heavy atom. The van der Waals surface area contributed by atoms with E-state index >= 15 is 0 Å². The number of halogens is 1. The molecule has 2 nitrogen and oxygen atoms in total. The molecule has 0 saturated carbocycles. The Labute approximate surface area is 123 Å². The van der Waals surface area contributed by atoms with E-state index in [0.29, 0.717) is 0 Å². The topological polar surface area (TPSA) is 15.3 Å². The third-order valence-electron chi connectivity index (χ3n) is 2.96. The SMILES string of the molecule is CN(CCCCNC(C)(C)C)Cc1cccc(Cl)c1. The van der Waals surface area contributed by atoms with Crippen LogP contribution in [0.3, 0.4) is 0 Å². The molecule has 0 bridgehead atoms. The molecule has 108 valence electrons. The minimum atomic E-state index is 0.229. The lowest BCUT2D eigenvalue weighted by Crippen LogP contribution is -2.36.